The van der Waals surface area contributed by atoms with Crippen molar-refractivity contribution in [3.8, 4) is 0 Å². The maximum absolute atomic E-state index is 12.4. The molecule has 1 amide bonds. The quantitative estimate of drug-likeness (QED) is 0.512. The minimum atomic E-state index is -0.583. The van der Waals surface area contributed by atoms with Crippen molar-refractivity contribution in [1.29, 1.82) is 0 Å². The van der Waals surface area contributed by atoms with E-state index >= 15 is 0 Å². The van der Waals surface area contributed by atoms with E-state index in [1.807, 2.05) is 30.3 Å². The summed E-state index contributed by atoms with van der Waals surface area (Å²) in [5.74, 6) is -0.942. The molecule has 0 bridgehead atoms. The van der Waals surface area contributed by atoms with Gasteiger partial charge in [0.1, 0.15) is 0 Å². The number of para-hydroxylation sites is 1. The Morgan fingerprint density at radius 1 is 1.45 bits per heavy atom. The Morgan fingerprint density at radius 2 is 2.18 bits per heavy atom. The van der Waals surface area contributed by atoms with Crippen LogP contribution in [-0.4, -0.2) is 35.7 Å². The Morgan fingerprint density at radius 3 is 2.82 bits per heavy atom. The molecule has 0 unspecified atom stereocenters. The number of benzene rings is 1. The molecule has 0 radical (unpaired) electrons. The lowest BCUT2D eigenvalue weighted by Gasteiger charge is -2.17. The van der Waals surface area contributed by atoms with E-state index in [2.05, 4.69) is 21.7 Å². The van der Waals surface area contributed by atoms with E-state index in [4.69, 9.17) is 0 Å². The molecule has 0 saturated carbocycles. The van der Waals surface area contributed by atoms with Crippen molar-refractivity contribution in [2.75, 3.05) is 19.1 Å². The van der Waals surface area contributed by atoms with Crippen LogP contribution in [0.4, 0.5) is 5.69 Å². The monoisotopic (exact) mass is 317 g/mol. The van der Waals surface area contributed by atoms with Crippen molar-refractivity contribution >= 4 is 34.5 Å². The molecule has 1 aliphatic rings. The van der Waals surface area contributed by atoms with Gasteiger partial charge in [0.25, 0.3) is 5.91 Å². The number of amides is 1. The molecule has 0 atom stereocenters. The summed E-state index contributed by atoms with van der Waals surface area (Å²) < 4.78 is 4.55. The Labute approximate surface area is 132 Å². The minimum Gasteiger partial charge on any atom is -0.466 e. The molecule has 1 aromatic rings. The van der Waals surface area contributed by atoms with Gasteiger partial charge < -0.3 is 4.74 Å². The standard InChI is InChI=1S/C15H15N3O3S/c1-3-9-16-15-18(17-11-7-5-4-6-8-11)14(20)12(22-15)10-13(19)21-2/h3-8,10,17H,1,9H2,2H3/b12-10-,16-15?. The number of amidine groups is 1. The summed E-state index contributed by atoms with van der Waals surface area (Å²) in [5, 5.41) is 1.75. The lowest BCUT2D eigenvalue weighted by molar-refractivity contribution is -0.135. The number of esters is 1. The summed E-state index contributed by atoms with van der Waals surface area (Å²) >= 11 is 1.11. The van der Waals surface area contributed by atoms with E-state index in [0.29, 0.717) is 11.7 Å². The normalized spacial score (nSPS) is 17.9. The first-order chi connectivity index (χ1) is 10.7. The SMILES string of the molecule is C=CCN=C1S/C(=C\C(=O)OC)C(=O)N1Nc1ccccc1. The Hall–Kier alpha value is -2.54. The molecule has 1 aliphatic heterocycles. The van der Waals surface area contributed by atoms with Gasteiger partial charge in [-0.25, -0.2) is 4.79 Å². The zero-order valence-electron chi connectivity index (χ0n) is 12.0. The molecular weight excluding hydrogens is 302 g/mol. The average molecular weight is 317 g/mol. The van der Waals surface area contributed by atoms with E-state index < -0.39 is 5.97 Å². The van der Waals surface area contributed by atoms with Crippen LogP contribution in [0.5, 0.6) is 0 Å². The average Bonchev–Trinajstić information content (AvgIpc) is 2.82. The van der Waals surface area contributed by atoms with Crippen LogP contribution in [0.25, 0.3) is 0 Å². The van der Waals surface area contributed by atoms with Crippen molar-refractivity contribution in [1.82, 2.24) is 5.01 Å². The Kier molecular flexibility index (Phi) is 5.37. The maximum atomic E-state index is 12.4. The number of methoxy groups -OCH3 is 1. The number of carbonyl (C=O) groups is 2. The lowest BCUT2D eigenvalue weighted by Crippen LogP contribution is -2.35. The third-order valence-corrected chi connectivity index (χ3v) is 3.63. The van der Waals surface area contributed by atoms with Crippen molar-refractivity contribution in [2.45, 2.75) is 0 Å². The van der Waals surface area contributed by atoms with E-state index in [1.165, 1.54) is 12.1 Å². The van der Waals surface area contributed by atoms with E-state index in [0.717, 1.165) is 23.5 Å². The molecule has 7 heteroatoms. The molecular formula is C15H15N3O3S. The largest absolute Gasteiger partial charge is 0.466 e. The predicted octanol–water partition coefficient (Wildman–Crippen LogP) is 2.19. The molecule has 1 N–H and O–H groups in total. The van der Waals surface area contributed by atoms with Gasteiger partial charge >= 0.3 is 5.97 Å². The van der Waals surface area contributed by atoms with Crippen molar-refractivity contribution in [3.63, 3.8) is 0 Å². The number of hydrogen-bond donors (Lipinski definition) is 1. The zero-order valence-corrected chi connectivity index (χ0v) is 12.8. The number of rotatable bonds is 5. The topological polar surface area (TPSA) is 71.0 Å². The Balaban J connectivity index is 2.27. The predicted molar refractivity (Wildman–Crippen MR) is 87.1 cm³/mol. The van der Waals surface area contributed by atoms with Crippen LogP contribution >= 0.6 is 11.8 Å². The summed E-state index contributed by atoms with van der Waals surface area (Å²) in [5.41, 5.74) is 3.71. The highest BCUT2D eigenvalue weighted by atomic mass is 32.2. The van der Waals surface area contributed by atoms with Crippen LogP contribution in [0.3, 0.4) is 0 Å². The van der Waals surface area contributed by atoms with Gasteiger partial charge in [-0.3, -0.25) is 15.2 Å². The second-order valence-corrected chi connectivity index (χ2v) is 5.17. The molecule has 22 heavy (non-hydrogen) atoms. The number of hydrogen-bond acceptors (Lipinski definition) is 6. The number of ether oxygens (including phenoxy) is 1. The first-order valence-electron chi connectivity index (χ1n) is 6.44. The summed E-state index contributed by atoms with van der Waals surface area (Å²) in [4.78, 5) is 28.2. The fraction of sp³-hybridized carbons (Fsp3) is 0.133. The van der Waals surface area contributed by atoms with Gasteiger partial charge in [-0.05, 0) is 23.9 Å². The highest BCUT2D eigenvalue weighted by Gasteiger charge is 2.34. The molecule has 1 fully saturated rings. The fourth-order valence-electron chi connectivity index (χ4n) is 1.63. The van der Waals surface area contributed by atoms with Crippen LogP contribution in [0.15, 0.2) is 59.0 Å². The Bertz CT molecular complexity index is 641. The molecule has 0 spiro atoms. The van der Waals surface area contributed by atoms with Gasteiger partial charge in [-0.1, -0.05) is 24.3 Å². The number of nitrogens with zero attached hydrogens (tertiary/aromatic N) is 2. The maximum Gasteiger partial charge on any atom is 0.331 e. The number of nitrogens with one attached hydrogen (secondary N) is 1. The smallest absolute Gasteiger partial charge is 0.331 e. The lowest BCUT2D eigenvalue weighted by atomic mass is 10.3. The van der Waals surface area contributed by atoms with Crippen molar-refractivity contribution < 1.29 is 14.3 Å². The number of carbonyl (C=O) groups excluding carboxylic acids is 2. The number of thioether (sulfide) groups is 1. The van der Waals surface area contributed by atoms with Crippen LogP contribution < -0.4 is 5.43 Å². The number of anilines is 1. The molecule has 1 heterocycles. The first kappa shape index (κ1) is 15.8. The summed E-state index contributed by atoms with van der Waals surface area (Å²) in [6, 6.07) is 9.22. The van der Waals surface area contributed by atoms with Gasteiger partial charge in [0.15, 0.2) is 5.17 Å². The van der Waals surface area contributed by atoms with Crippen LogP contribution in [0.1, 0.15) is 0 Å². The van der Waals surface area contributed by atoms with Gasteiger partial charge in [0, 0.05) is 6.08 Å². The van der Waals surface area contributed by atoms with Gasteiger partial charge in [-0.2, -0.15) is 5.01 Å². The molecule has 0 aliphatic carbocycles. The van der Waals surface area contributed by atoms with E-state index in [-0.39, 0.29) is 10.8 Å². The second-order valence-electron chi connectivity index (χ2n) is 4.16. The van der Waals surface area contributed by atoms with Crippen LogP contribution in [0, 0.1) is 0 Å². The molecule has 0 aromatic heterocycles. The third kappa shape index (κ3) is 3.76. The van der Waals surface area contributed by atoms with Crippen LogP contribution in [-0.2, 0) is 14.3 Å². The highest BCUT2D eigenvalue weighted by molar-refractivity contribution is 8.18. The zero-order chi connectivity index (χ0) is 15.9. The number of aliphatic imine (C=N–C) groups is 1. The summed E-state index contributed by atoms with van der Waals surface area (Å²) in [6.45, 7) is 3.97. The molecule has 1 aromatic carbocycles. The van der Waals surface area contributed by atoms with Gasteiger partial charge in [0.05, 0.1) is 24.2 Å². The highest BCUT2D eigenvalue weighted by Crippen LogP contribution is 2.31. The van der Waals surface area contributed by atoms with Gasteiger partial charge in [-0.15, -0.1) is 6.58 Å². The first-order valence-corrected chi connectivity index (χ1v) is 7.26. The molecule has 114 valence electrons. The minimum absolute atomic E-state index is 0.248. The number of hydrazine groups is 1. The molecule has 6 nitrogen and oxygen atoms in total. The molecule has 1 saturated heterocycles. The van der Waals surface area contributed by atoms with E-state index in [9.17, 15) is 9.59 Å². The van der Waals surface area contributed by atoms with Gasteiger partial charge in [0.2, 0.25) is 0 Å². The van der Waals surface area contributed by atoms with E-state index in [1.54, 1.807) is 6.08 Å². The third-order valence-electron chi connectivity index (χ3n) is 2.63. The summed E-state index contributed by atoms with van der Waals surface area (Å²) in [6.07, 6.45) is 2.78. The summed E-state index contributed by atoms with van der Waals surface area (Å²) in [7, 11) is 1.26. The molecule has 2 rings (SSSR count). The van der Waals surface area contributed by atoms with Crippen LogP contribution in [0.2, 0.25) is 0 Å². The fourth-order valence-corrected chi connectivity index (χ4v) is 2.52. The van der Waals surface area contributed by atoms with Crippen molar-refractivity contribution in [2.24, 2.45) is 4.99 Å². The van der Waals surface area contributed by atoms with Crippen molar-refractivity contribution in [3.05, 3.63) is 54.0 Å². The second kappa shape index (κ2) is 7.46.